The molecule has 100 valence electrons. The molecule has 3 heteroatoms. The van der Waals surface area contributed by atoms with E-state index in [1.54, 1.807) is 18.9 Å². The highest BCUT2D eigenvalue weighted by Gasteiger charge is 2.03. The zero-order chi connectivity index (χ0) is 13.7. The highest BCUT2D eigenvalue weighted by molar-refractivity contribution is 7.99. The van der Waals surface area contributed by atoms with Gasteiger partial charge in [-0.05, 0) is 48.4 Å². The molecule has 19 heavy (non-hydrogen) atoms. The SMILES string of the molecule is CC[C@H](N)c1ccc(Sc2ccc(OC)cc2)cc1. The molecule has 0 radical (unpaired) electrons. The zero-order valence-corrected chi connectivity index (χ0v) is 12.1. The van der Waals surface area contributed by atoms with Crippen molar-refractivity contribution in [2.24, 2.45) is 5.73 Å². The van der Waals surface area contributed by atoms with Gasteiger partial charge in [0.1, 0.15) is 5.75 Å². The Bertz CT molecular complexity index is 507. The molecular weight excluding hydrogens is 254 g/mol. The van der Waals surface area contributed by atoms with Crippen LogP contribution >= 0.6 is 11.8 Å². The molecule has 0 fully saturated rings. The highest BCUT2D eigenvalue weighted by atomic mass is 32.2. The standard InChI is InChI=1S/C16H19NOS/c1-3-16(17)12-4-8-14(9-5-12)19-15-10-6-13(18-2)7-11-15/h4-11,16H,3,17H2,1-2H3/t16-/m0/s1. The van der Waals surface area contributed by atoms with E-state index in [0.717, 1.165) is 12.2 Å². The Morgan fingerprint density at radius 3 is 2.00 bits per heavy atom. The van der Waals surface area contributed by atoms with Crippen molar-refractivity contribution in [3.8, 4) is 5.75 Å². The van der Waals surface area contributed by atoms with Gasteiger partial charge < -0.3 is 10.5 Å². The molecule has 0 heterocycles. The molecule has 0 aliphatic rings. The number of benzene rings is 2. The van der Waals surface area contributed by atoms with Crippen LogP contribution in [0.3, 0.4) is 0 Å². The number of nitrogens with two attached hydrogens (primary N) is 1. The molecular formula is C16H19NOS. The summed E-state index contributed by atoms with van der Waals surface area (Å²) in [5.74, 6) is 0.883. The van der Waals surface area contributed by atoms with Crippen molar-refractivity contribution < 1.29 is 4.74 Å². The van der Waals surface area contributed by atoms with Crippen molar-refractivity contribution in [3.63, 3.8) is 0 Å². The van der Waals surface area contributed by atoms with E-state index < -0.39 is 0 Å². The fourth-order valence-electron chi connectivity index (χ4n) is 1.80. The lowest BCUT2D eigenvalue weighted by Gasteiger charge is -2.09. The van der Waals surface area contributed by atoms with Crippen LogP contribution in [0.2, 0.25) is 0 Å². The fraction of sp³-hybridized carbons (Fsp3) is 0.250. The van der Waals surface area contributed by atoms with Crippen LogP contribution in [-0.4, -0.2) is 7.11 Å². The summed E-state index contributed by atoms with van der Waals surface area (Å²) < 4.78 is 5.15. The summed E-state index contributed by atoms with van der Waals surface area (Å²) in [7, 11) is 1.68. The summed E-state index contributed by atoms with van der Waals surface area (Å²) in [5, 5.41) is 0. The molecule has 0 aliphatic carbocycles. The molecule has 0 saturated carbocycles. The lowest BCUT2D eigenvalue weighted by molar-refractivity contribution is 0.414. The van der Waals surface area contributed by atoms with E-state index in [2.05, 4.69) is 43.3 Å². The second-order valence-corrected chi connectivity index (χ2v) is 5.51. The van der Waals surface area contributed by atoms with E-state index in [-0.39, 0.29) is 6.04 Å². The molecule has 0 spiro atoms. The highest BCUT2D eigenvalue weighted by Crippen LogP contribution is 2.29. The lowest BCUT2D eigenvalue weighted by atomic mass is 10.1. The lowest BCUT2D eigenvalue weighted by Crippen LogP contribution is -2.07. The van der Waals surface area contributed by atoms with Crippen LogP contribution in [0.5, 0.6) is 5.75 Å². The van der Waals surface area contributed by atoms with Crippen LogP contribution in [-0.2, 0) is 0 Å². The molecule has 2 rings (SSSR count). The number of hydrogen-bond acceptors (Lipinski definition) is 3. The third-order valence-corrected chi connectivity index (χ3v) is 4.06. The quantitative estimate of drug-likeness (QED) is 0.884. The number of ether oxygens (including phenoxy) is 1. The van der Waals surface area contributed by atoms with Crippen molar-refractivity contribution in [2.75, 3.05) is 7.11 Å². The van der Waals surface area contributed by atoms with Gasteiger partial charge in [0.2, 0.25) is 0 Å². The molecule has 2 N–H and O–H groups in total. The average molecular weight is 273 g/mol. The molecule has 0 aliphatic heterocycles. The summed E-state index contributed by atoms with van der Waals surface area (Å²) >= 11 is 1.74. The van der Waals surface area contributed by atoms with E-state index in [9.17, 15) is 0 Å². The molecule has 0 saturated heterocycles. The largest absolute Gasteiger partial charge is 0.497 e. The topological polar surface area (TPSA) is 35.2 Å². The van der Waals surface area contributed by atoms with E-state index in [0.29, 0.717) is 0 Å². The molecule has 0 aromatic heterocycles. The zero-order valence-electron chi connectivity index (χ0n) is 11.3. The summed E-state index contributed by atoms with van der Waals surface area (Å²) in [6, 6.07) is 16.7. The Hall–Kier alpha value is -1.45. The smallest absolute Gasteiger partial charge is 0.118 e. The monoisotopic (exact) mass is 273 g/mol. The Labute approximate surface area is 119 Å². The number of methoxy groups -OCH3 is 1. The predicted molar refractivity (Wildman–Crippen MR) is 80.8 cm³/mol. The first kappa shape index (κ1) is 14.0. The van der Waals surface area contributed by atoms with Crippen molar-refractivity contribution >= 4 is 11.8 Å². The van der Waals surface area contributed by atoms with Crippen LogP contribution in [0.15, 0.2) is 58.3 Å². The normalized spacial score (nSPS) is 12.2. The van der Waals surface area contributed by atoms with Gasteiger partial charge in [-0.15, -0.1) is 0 Å². The van der Waals surface area contributed by atoms with Gasteiger partial charge in [-0.2, -0.15) is 0 Å². The first-order chi connectivity index (χ1) is 9.22. The van der Waals surface area contributed by atoms with Gasteiger partial charge in [0, 0.05) is 15.8 Å². The number of rotatable bonds is 5. The van der Waals surface area contributed by atoms with Crippen LogP contribution in [0.1, 0.15) is 24.9 Å². The van der Waals surface area contributed by atoms with Gasteiger partial charge in [0.25, 0.3) is 0 Å². The molecule has 0 amide bonds. The van der Waals surface area contributed by atoms with Gasteiger partial charge in [0.05, 0.1) is 7.11 Å². The van der Waals surface area contributed by atoms with Gasteiger partial charge >= 0.3 is 0 Å². The fourth-order valence-corrected chi connectivity index (χ4v) is 2.62. The third-order valence-electron chi connectivity index (χ3n) is 3.04. The third kappa shape index (κ3) is 3.75. The second-order valence-electron chi connectivity index (χ2n) is 4.36. The molecule has 0 bridgehead atoms. The number of hydrogen-bond donors (Lipinski definition) is 1. The van der Waals surface area contributed by atoms with E-state index >= 15 is 0 Å². The van der Waals surface area contributed by atoms with Gasteiger partial charge in [-0.1, -0.05) is 30.8 Å². The van der Waals surface area contributed by atoms with Crippen molar-refractivity contribution in [2.45, 2.75) is 29.2 Å². The Morgan fingerprint density at radius 2 is 1.53 bits per heavy atom. The summed E-state index contributed by atoms with van der Waals surface area (Å²) in [6.45, 7) is 2.10. The maximum atomic E-state index is 6.01. The van der Waals surface area contributed by atoms with Gasteiger partial charge in [-0.3, -0.25) is 0 Å². The van der Waals surface area contributed by atoms with Crippen LogP contribution in [0.25, 0.3) is 0 Å². The van der Waals surface area contributed by atoms with Crippen molar-refractivity contribution in [1.82, 2.24) is 0 Å². The van der Waals surface area contributed by atoms with Crippen molar-refractivity contribution in [1.29, 1.82) is 0 Å². The minimum atomic E-state index is 0.139. The maximum absolute atomic E-state index is 6.01. The second kappa shape index (κ2) is 6.64. The van der Waals surface area contributed by atoms with E-state index in [1.807, 2.05) is 12.1 Å². The van der Waals surface area contributed by atoms with Crippen LogP contribution < -0.4 is 10.5 Å². The minimum absolute atomic E-state index is 0.139. The molecule has 2 aromatic rings. The molecule has 1 atom stereocenters. The summed E-state index contributed by atoms with van der Waals surface area (Å²) in [4.78, 5) is 2.42. The minimum Gasteiger partial charge on any atom is -0.497 e. The first-order valence-corrected chi connectivity index (χ1v) is 7.22. The van der Waals surface area contributed by atoms with Crippen molar-refractivity contribution in [3.05, 3.63) is 54.1 Å². The van der Waals surface area contributed by atoms with Crippen LogP contribution in [0.4, 0.5) is 0 Å². The Kier molecular flexibility index (Phi) is 4.88. The summed E-state index contributed by atoms with van der Waals surface area (Å²) in [5.41, 5.74) is 7.20. The van der Waals surface area contributed by atoms with Gasteiger partial charge in [-0.25, -0.2) is 0 Å². The first-order valence-electron chi connectivity index (χ1n) is 6.40. The van der Waals surface area contributed by atoms with E-state index in [1.165, 1.54) is 15.4 Å². The van der Waals surface area contributed by atoms with Crippen LogP contribution in [0, 0.1) is 0 Å². The Balaban J connectivity index is 2.06. The molecule has 0 unspecified atom stereocenters. The summed E-state index contributed by atoms with van der Waals surface area (Å²) in [6.07, 6.45) is 0.963. The predicted octanol–water partition coefficient (Wildman–Crippen LogP) is 4.26. The maximum Gasteiger partial charge on any atom is 0.118 e. The Morgan fingerprint density at radius 1 is 1.00 bits per heavy atom. The van der Waals surface area contributed by atoms with Gasteiger partial charge in [0.15, 0.2) is 0 Å². The average Bonchev–Trinajstić information content (AvgIpc) is 2.48. The van der Waals surface area contributed by atoms with E-state index in [4.69, 9.17) is 10.5 Å². The molecule has 2 aromatic carbocycles. The molecule has 2 nitrogen and oxygen atoms in total.